The number of ether oxygens (including phenoxy) is 1. The van der Waals surface area contributed by atoms with E-state index in [0.29, 0.717) is 13.0 Å². The van der Waals surface area contributed by atoms with Crippen LogP contribution in [0.2, 0.25) is 0 Å². The summed E-state index contributed by atoms with van der Waals surface area (Å²) in [6.07, 6.45) is 3.07. The van der Waals surface area contributed by atoms with Crippen LogP contribution in [0.15, 0.2) is 60.8 Å². The third-order valence-corrected chi connectivity index (χ3v) is 4.19. The zero-order valence-corrected chi connectivity index (χ0v) is 14.9. The molecule has 1 heterocycles. The minimum atomic E-state index is -0.0138. The molecule has 3 aromatic rings. The Morgan fingerprint density at radius 1 is 1.04 bits per heavy atom. The maximum Gasteiger partial charge on any atom is 0.225 e. The summed E-state index contributed by atoms with van der Waals surface area (Å²) in [7, 11) is 1.66. The summed E-state index contributed by atoms with van der Waals surface area (Å²) in [5, 5.41) is 7.28. The Morgan fingerprint density at radius 3 is 2.65 bits per heavy atom. The van der Waals surface area contributed by atoms with Gasteiger partial charge in [-0.05, 0) is 42.8 Å². The molecule has 0 saturated heterocycles. The van der Waals surface area contributed by atoms with Crippen LogP contribution in [0.4, 0.5) is 5.69 Å². The van der Waals surface area contributed by atoms with Gasteiger partial charge in [-0.15, -0.1) is 0 Å². The average molecular weight is 349 g/mol. The molecule has 0 spiro atoms. The highest BCUT2D eigenvalue weighted by Crippen LogP contribution is 2.20. The Morgan fingerprint density at radius 2 is 1.85 bits per heavy atom. The van der Waals surface area contributed by atoms with Crippen molar-refractivity contribution in [1.82, 2.24) is 10.3 Å². The van der Waals surface area contributed by atoms with Crippen molar-refractivity contribution < 1.29 is 9.53 Å². The van der Waals surface area contributed by atoms with Gasteiger partial charge >= 0.3 is 0 Å². The fourth-order valence-electron chi connectivity index (χ4n) is 2.77. The standard InChI is InChI=1S/C21H23N3O2/c1-26-18-9-7-16(8-10-18)11-14-22-15-12-20(25)24-19-6-2-4-17-5-3-13-23-21(17)19/h2-10,13,22H,11-12,14-15H2,1H3,(H,24,25). The van der Waals surface area contributed by atoms with Gasteiger partial charge in [-0.25, -0.2) is 0 Å². The molecule has 0 atom stereocenters. The first-order valence-electron chi connectivity index (χ1n) is 8.73. The van der Waals surface area contributed by atoms with E-state index in [9.17, 15) is 4.79 Å². The number of anilines is 1. The summed E-state index contributed by atoms with van der Waals surface area (Å²) in [6, 6.07) is 17.7. The second-order valence-electron chi connectivity index (χ2n) is 6.03. The molecule has 0 bridgehead atoms. The zero-order valence-electron chi connectivity index (χ0n) is 14.9. The molecule has 5 nitrogen and oxygen atoms in total. The van der Waals surface area contributed by atoms with Crippen molar-refractivity contribution in [3.63, 3.8) is 0 Å². The quantitative estimate of drug-likeness (QED) is 0.612. The van der Waals surface area contributed by atoms with Crippen molar-refractivity contribution in [3.05, 3.63) is 66.4 Å². The molecule has 0 unspecified atom stereocenters. The van der Waals surface area contributed by atoms with Gasteiger partial charge in [0.2, 0.25) is 5.91 Å². The van der Waals surface area contributed by atoms with Crippen molar-refractivity contribution in [3.8, 4) is 5.75 Å². The van der Waals surface area contributed by atoms with E-state index in [1.165, 1.54) is 5.56 Å². The van der Waals surface area contributed by atoms with Gasteiger partial charge in [-0.2, -0.15) is 0 Å². The van der Waals surface area contributed by atoms with Crippen molar-refractivity contribution in [2.45, 2.75) is 12.8 Å². The predicted molar refractivity (Wildman–Crippen MR) is 105 cm³/mol. The predicted octanol–water partition coefficient (Wildman–Crippen LogP) is 3.40. The van der Waals surface area contributed by atoms with Gasteiger partial charge in [0, 0.05) is 24.5 Å². The molecule has 134 valence electrons. The molecule has 0 aliphatic carbocycles. The summed E-state index contributed by atoms with van der Waals surface area (Å²) in [4.78, 5) is 16.5. The SMILES string of the molecule is COc1ccc(CCNCCC(=O)Nc2cccc3cccnc23)cc1. The third kappa shape index (κ3) is 4.80. The largest absolute Gasteiger partial charge is 0.497 e. The maximum absolute atomic E-state index is 12.2. The van der Waals surface area contributed by atoms with E-state index >= 15 is 0 Å². The number of hydrogen-bond donors (Lipinski definition) is 2. The van der Waals surface area contributed by atoms with Crippen LogP contribution in [0.25, 0.3) is 10.9 Å². The van der Waals surface area contributed by atoms with Crippen LogP contribution in [0.1, 0.15) is 12.0 Å². The van der Waals surface area contributed by atoms with Crippen LogP contribution in [-0.2, 0) is 11.2 Å². The highest BCUT2D eigenvalue weighted by Gasteiger charge is 2.06. The Hall–Kier alpha value is -2.92. The number of methoxy groups -OCH3 is 1. The number of carbonyl (C=O) groups excluding carboxylic acids is 1. The number of hydrogen-bond acceptors (Lipinski definition) is 4. The number of nitrogens with zero attached hydrogens (tertiary/aromatic N) is 1. The molecule has 0 fully saturated rings. The number of aromatic nitrogens is 1. The van der Waals surface area contributed by atoms with Crippen molar-refractivity contribution in [1.29, 1.82) is 0 Å². The fourth-order valence-corrected chi connectivity index (χ4v) is 2.77. The molecule has 26 heavy (non-hydrogen) atoms. The lowest BCUT2D eigenvalue weighted by Crippen LogP contribution is -2.23. The molecule has 2 aromatic carbocycles. The number of benzene rings is 2. The molecular weight excluding hydrogens is 326 g/mol. The number of fused-ring (bicyclic) bond motifs is 1. The molecule has 0 aliphatic heterocycles. The van der Waals surface area contributed by atoms with E-state index < -0.39 is 0 Å². The average Bonchev–Trinajstić information content (AvgIpc) is 2.68. The number of para-hydroxylation sites is 1. The maximum atomic E-state index is 12.2. The number of pyridine rings is 1. The number of carbonyl (C=O) groups is 1. The van der Waals surface area contributed by atoms with Gasteiger partial charge in [0.15, 0.2) is 0 Å². The minimum absolute atomic E-state index is 0.0138. The second kappa shape index (κ2) is 8.97. The molecule has 0 aliphatic rings. The molecule has 0 saturated carbocycles. The summed E-state index contributed by atoms with van der Waals surface area (Å²) >= 11 is 0. The lowest BCUT2D eigenvalue weighted by molar-refractivity contribution is -0.116. The van der Waals surface area contributed by atoms with E-state index in [-0.39, 0.29) is 5.91 Å². The van der Waals surface area contributed by atoms with Gasteiger partial charge in [0.1, 0.15) is 5.75 Å². The van der Waals surface area contributed by atoms with E-state index in [1.807, 2.05) is 42.5 Å². The molecule has 2 N–H and O–H groups in total. The topological polar surface area (TPSA) is 63.2 Å². The van der Waals surface area contributed by atoms with Crippen LogP contribution in [0.5, 0.6) is 5.75 Å². The Kier molecular flexibility index (Phi) is 6.17. The van der Waals surface area contributed by atoms with E-state index in [4.69, 9.17) is 4.74 Å². The van der Waals surface area contributed by atoms with E-state index in [0.717, 1.165) is 35.3 Å². The van der Waals surface area contributed by atoms with E-state index in [1.54, 1.807) is 13.3 Å². The highest BCUT2D eigenvalue weighted by atomic mass is 16.5. The smallest absolute Gasteiger partial charge is 0.225 e. The van der Waals surface area contributed by atoms with Crippen LogP contribution >= 0.6 is 0 Å². The minimum Gasteiger partial charge on any atom is -0.497 e. The first-order chi connectivity index (χ1) is 12.8. The highest BCUT2D eigenvalue weighted by molar-refractivity contribution is 6.00. The molecular formula is C21H23N3O2. The van der Waals surface area contributed by atoms with Crippen LogP contribution in [0, 0.1) is 0 Å². The molecule has 0 radical (unpaired) electrons. The lowest BCUT2D eigenvalue weighted by atomic mass is 10.1. The number of amides is 1. The second-order valence-corrected chi connectivity index (χ2v) is 6.03. The van der Waals surface area contributed by atoms with Crippen molar-refractivity contribution in [2.24, 2.45) is 0 Å². The summed E-state index contributed by atoms with van der Waals surface area (Å²) in [6.45, 7) is 1.47. The zero-order chi connectivity index (χ0) is 18.2. The van der Waals surface area contributed by atoms with Gasteiger partial charge in [0.25, 0.3) is 0 Å². The first-order valence-corrected chi connectivity index (χ1v) is 8.73. The molecule has 1 amide bonds. The number of rotatable bonds is 8. The van der Waals surface area contributed by atoms with Gasteiger partial charge in [0.05, 0.1) is 18.3 Å². The fraction of sp³-hybridized carbons (Fsp3) is 0.238. The molecule has 3 rings (SSSR count). The molecule has 5 heteroatoms. The van der Waals surface area contributed by atoms with Crippen LogP contribution in [-0.4, -0.2) is 31.1 Å². The lowest BCUT2D eigenvalue weighted by Gasteiger charge is -2.09. The van der Waals surface area contributed by atoms with Gasteiger partial charge in [-0.1, -0.05) is 30.3 Å². The Labute approximate surface area is 153 Å². The third-order valence-electron chi connectivity index (χ3n) is 4.19. The van der Waals surface area contributed by atoms with Crippen molar-refractivity contribution in [2.75, 3.05) is 25.5 Å². The summed E-state index contributed by atoms with van der Waals surface area (Å²) < 4.78 is 5.15. The molecule has 1 aromatic heterocycles. The summed E-state index contributed by atoms with van der Waals surface area (Å²) in [5.74, 6) is 0.849. The monoisotopic (exact) mass is 349 g/mol. The summed E-state index contributed by atoms with van der Waals surface area (Å²) in [5.41, 5.74) is 2.81. The van der Waals surface area contributed by atoms with Crippen molar-refractivity contribution >= 4 is 22.5 Å². The van der Waals surface area contributed by atoms with Crippen LogP contribution < -0.4 is 15.4 Å². The van der Waals surface area contributed by atoms with E-state index in [2.05, 4.69) is 27.8 Å². The Bertz CT molecular complexity index is 857. The van der Waals surface area contributed by atoms with Crippen LogP contribution in [0.3, 0.4) is 0 Å². The van der Waals surface area contributed by atoms with Gasteiger partial charge < -0.3 is 15.4 Å². The Balaban J connectivity index is 1.41. The number of nitrogens with one attached hydrogen (secondary N) is 2. The first kappa shape index (κ1) is 17.9. The van der Waals surface area contributed by atoms with Gasteiger partial charge in [-0.3, -0.25) is 9.78 Å². The normalized spacial score (nSPS) is 10.7.